The highest BCUT2D eigenvalue weighted by molar-refractivity contribution is 5.10. The Morgan fingerprint density at radius 2 is 1.86 bits per heavy atom. The fourth-order valence-electron chi connectivity index (χ4n) is 4.57. The zero-order valence-corrected chi connectivity index (χ0v) is 9.00. The van der Waals surface area contributed by atoms with Crippen LogP contribution in [0.3, 0.4) is 0 Å². The van der Waals surface area contributed by atoms with Crippen molar-refractivity contribution in [2.45, 2.75) is 50.7 Å². The lowest BCUT2D eigenvalue weighted by Crippen LogP contribution is -2.65. The molecule has 2 heteroatoms. The first-order chi connectivity index (χ1) is 6.71. The third-order valence-electron chi connectivity index (χ3n) is 4.70. The van der Waals surface area contributed by atoms with Gasteiger partial charge in [0.25, 0.3) is 0 Å². The molecular formula is C12H21NO. The summed E-state index contributed by atoms with van der Waals surface area (Å²) in [5, 5.41) is 14.1. The highest BCUT2D eigenvalue weighted by Crippen LogP contribution is 2.55. The van der Waals surface area contributed by atoms with Crippen LogP contribution in [0.15, 0.2) is 0 Å². The van der Waals surface area contributed by atoms with Gasteiger partial charge in [-0.2, -0.15) is 0 Å². The molecule has 5 atom stereocenters. The quantitative estimate of drug-likeness (QED) is 0.700. The number of rotatable bonds is 2. The summed E-state index contributed by atoms with van der Waals surface area (Å²) >= 11 is 0. The molecule has 4 saturated carbocycles. The Kier molecular flexibility index (Phi) is 1.94. The fourth-order valence-corrected chi connectivity index (χ4v) is 4.57. The normalized spacial score (nSPS) is 55.3. The van der Waals surface area contributed by atoms with Crippen LogP contribution in [0.4, 0.5) is 0 Å². The molecule has 0 radical (unpaired) electrons. The third-order valence-corrected chi connectivity index (χ3v) is 4.70. The van der Waals surface area contributed by atoms with Crippen molar-refractivity contribution >= 4 is 0 Å². The van der Waals surface area contributed by atoms with E-state index in [0.717, 1.165) is 37.1 Å². The first kappa shape index (κ1) is 9.17. The maximum Gasteiger partial charge on any atom is 0.0808 e. The zero-order chi connectivity index (χ0) is 9.76. The Bertz CT molecular complexity index is 226. The van der Waals surface area contributed by atoms with E-state index in [4.69, 9.17) is 0 Å². The first-order valence-corrected chi connectivity index (χ1v) is 6.17. The predicted octanol–water partition coefficient (Wildman–Crippen LogP) is 1.54. The van der Waals surface area contributed by atoms with E-state index < -0.39 is 0 Å². The topological polar surface area (TPSA) is 32.3 Å². The van der Waals surface area contributed by atoms with Gasteiger partial charge in [-0.3, -0.25) is 0 Å². The maximum absolute atomic E-state index is 10.6. The molecule has 0 amide bonds. The van der Waals surface area contributed by atoms with E-state index in [9.17, 15) is 5.11 Å². The van der Waals surface area contributed by atoms with Crippen LogP contribution in [-0.2, 0) is 0 Å². The van der Waals surface area contributed by atoms with Gasteiger partial charge in [0.1, 0.15) is 0 Å². The Labute approximate surface area is 86.1 Å². The van der Waals surface area contributed by atoms with Crippen molar-refractivity contribution in [2.24, 2.45) is 17.8 Å². The van der Waals surface area contributed by atoms with Crippen LogP contribution in [-0.4, -0.2) is 23.3 Å². The van der Waals surface area contributed by atoms with Crippen LogP contribution in [0, 0.1) is 17.8 Å². The summed E-state index contributed by atoms with van der Waals surface area (Å²) in [6.07, 6.45) is 6.28. The molecule has 14 heavy (non-hydrogen) atoms. The van der Waals surface area contributed by atoms with Crippen LogP contribution >= 0.6 is 0 Å². The fraction of sp³-hybridized carbons (Fsp3) is 1.00. The molecule has 0 saturated heterocycles. The second-order valence-electron chi connectivity index (χ2n) is 5.75. The summed E-state index contributed by atoms with van der Waals surface area (Å²) in [6.45, 7) is 3.15. The van der Waals surface area contributed by atoms with E-state index in [1.54, 1.807) is 0 Å². The largest absolute Gasteiger partial charge is 0.388 e. The van der Waals surface area contributed by atoms with Crippen molar-refractivity contribution in [1.82, 2.24) is 5.32 Å². The standard InChI is InChI=1S/C12H21NO/c1-2-13-11-10-4-8-3-9(5-10)7-12(11,14)6-8/h8-11,13-14H,2-7H2,1H3/t8-,9?,10?,11?,12+/m0/s1. The molecule has 2 nitrogen and oxygen atoms in total. The minimum absolute atomic E-state index is 0.342. The Morgan fingerprint density at radius 1 is 1.21 bits per heavy atom. The lowest BCUT2D eigenvalue weighted by molar-refractivity contribution is -0.149. The molecular weight excluding hydrogens is 174 g/mol. The molecule has 3 unspecified atom stereocenters. The average Bonchev–Trinajstić information content (AvgIpc) is 2.09. The van der Waals surface area contributed by atoms with Crippen LogP contribution in [0.2, 0.25) is 0 Å². The Balaban J connectivity index is 1.86. The van der Waals surface area contributed by atoms with E-state index in [-0.39, 0.29) is 5.60 Å². The molecule has 4 fully saturated rings. The molecule has 80 valence electrons. The van der Waals surface area contributed by atoms with Crippen molar-refractivity contribution in [3.8, 4) is 0 Å². The summed E-state index contributed by atoms with van der Waals surface area (Å²) in [5.41, 5.74) is -0.342. The highest BCUT2D eigenvalue weighted by Gasteiger charge is 2.55. The molecule has 4 bridgehead atoms. The van der Waals surface area contributed by atoms with Crippen molar-refractivity contribution in [3.63, 3.8) is 0 Å². The highest BCUT2D eigenvalue weighted by atomic mass is 16.3. The number of hydrogen-bond acceptors (Lipinski definition) is 2. The third kappa shape index (κ3) is 1.17. The minimum atomic E-state index is -0.342. The van der Waals surface area contributed by atoms with Crippen molar-refractivity contribution in [3.05, 3.63) is 0 Å². The van der Waals surface area contributed by atoms with Crippen LogP contribution < -0.4 is 5.32 Å². The molecule has 4 rings (SSSR count). The predicted molar refractivity (Wildman–Crippen MR) is 56.0 cm³/mol. The molecule has 0 heterocycles. The van der Waals surface area contributed by atoms with Gasteiger partial charge in [-0.05, 0) is 56.4 Å². The summed E-state index contributed by atoms with van der Waals surface area (Å²) in [4.78, 5) is 0. The van der Waals surface area contributed by atoms with Gasteiger partial charge in [0.05, 0.1) is 5.60 Å². The van der Waals surface area contributed by atoms with Crippen molar-refractivity contribution in [1.29, 1.82) is 0 Å². The van der Waals surface area contributed by atoms with Gasteiger partial charge in [-0.15, -0.1) is 0 Å². The van der Waals surface area contributed by atoms with Gasteiger partial charge in [-0.25, -0.2) is 0 Å². The van der Waals surface area contributed by atoms with Crippen molar-refractivity contribution < 1.29 is 5.11 Å². The number of hydrogen-bond donors (Lipinski definition) is 2. The van der Waals surface area contributed by atoms with Crippen LogP contribution in [0.25, 0.3) is 0 Å². The number of nitrogens with one attached hydrogen (secondary N) is 1. The smallest absolute Gasteiger partial charge is 0.0808 e. The molecule has 0 aromatic carbocycles. The molecule has 2 N–H and O–H groups in total. The number of likely N-dealkylation sites (N-methyl/N-ethyl adjacent to an activating group) is 1. The van der Waals surface area contributed by atoms with Gasteiger partial charge in [0.2, 0.25) is 0 Å². The van der Waals surface area contributed by atoms with Crippen LogP contribution in [0.1, 0.15) is 39.0 Å². The molecule has 0 aromatic heterocycles. The molecule has 4 aliphatic carbocycles. The lowest BCUT2D eigenvalue weighted by Gasteiger charge is -2.59. The number of aliphatic hydroxyl groups is 1. The Morgan fingerprint density at radius 3 is 2.36 bits per heavy atom. The van der Waals surface area contributed by atoms with Crippen molar-refractivity contribution in [2.75, 3.05) is 6.54 Å². The molecule has 0 aliphatic heterocycles. The summed E-state index contributed by atoms with van der Waals surface area (Å²) < 4.78 is 0. The SMILES string of the molecule is CCNC1C2CC3C[C@@H](C2)C[C@@]1(O)C3. The summed E-state index contributed by atoms with van der Waals surface area (Å²) in [7, 11) is 0. The van der Waals surface area contributed by atoms with Gasteiger partial charge in [-0.1, -0.05) is 6.92 Å². The average molecular weight is 195 g/mol. The van der Waals surface area contributed by atoms with E-state index >= 15 is 0 Å². The maximum atomic E-state index is 10.6. The Hall–Kier alpha value is -0.0800. The zero-order valence-electron chi connectivity index (χ0n) is 9.00. The van der Waals surface area contributed by atoms with E-state index in [1.165, 1.54) is 19.3 Å². The lowest BCUT2D eigenvalue weighted by atomic mass is 9.52. The van der Waals surface area contributed by atoms with E-state index in [0.29, 0.717) is 6.04 Å². The minimum Gasteiger partial charge on any atom is -0.388 e. The van der Waals surface area contributed by atoms with Gasteiger partial charge in [0, 0.05) is 6.04 Å². The monoisotopic (exact) mass is 195 g/mol. The van der Waals surface area contributed by atoms with Gasteiger partial charge >= 0.3 is 0 Å². The summed E-state index contributed by atoms with van der Waals surface area (Å²) in [6, 6.07) is 0.403. The second kappa shape index (κ2) is 2.96. The first-order valence-electron chi connectivity index (χ1n) is 6.17. The summed E-state index contributed by atoms with van der Waals surface area (Å²) in [5.74, 6) is 2.45. The van der Waals surface area contributed by atoms with Gasteiger partial charge in [0.15, 0.2) is 0 Å². The molecule has 0 spiro atoms. The molecule has 4 aliphatic rings. The van der Waals surface area contributed by atoms with Gasteiger partial charge < -0.3 is 10.4 Å². The van der Waals surface area contributed by atoms with E-state index in [1.807, 2.05) is 0 Å². The second-order valence-corrected chi connectivity index (χ2v) is 5.75. The van der Waals surface area contributed by atoms with E-state index in [2.05, 4.69) is 12.2 Å². The van der Waals surface area contributed by atoms with Crippen LogP contribution in [0.5, 0.6) is 0 Å². The molecule has 0 aromatic rings.